The third kappa shape index (κ3) is 3.49. The lowest BCUT2D eigenvalue weighted by atomic mass is 10.1. The molecule has 0 aliphatic heterocycles. The van der Waals surface area contributed by atoms with Crippen molar-refractivity contribution in [3.63, 3.8) is 0 Å². The molecule has 2 N–H and O–H groups in total. The van der Waals surface area contributed by atoms with E-state index in [4.69, 9.17) is 10.5 Å². The Labute approximate surface area is 150 Å². The summed E-state index contributed by atoms with van der Waals surface area (Å²) in [6, 6.07) is 13.0. The van der Waals surface area contributed by atoms with Crippen molar-refractivity contribution in [2.75, 3.05) is 7.11 Å². The Morgan fingerprint density at radius 1 is 1.23 bits per heavy atom. The van der Waals surface area contributed by atoms with E-state index in [1.54, 1.807) is 24.4 Å². The van der Waals surface area contributed by atoms with Gasteiger partial charge in [0.2, 0.25) is 5.91 Å². The molecule has 0 saturated heterocycles. The number of rotatable bonds is 5. The largest absolute Gasteiger partial charge is 0.465 e. The van der Waals surface area contributed by atoms with Gasteiger partial charge >= 0.3 is 5.97 Å². The van der Waals surface area contributed by atoms with E-state index in [9.17, 15) is 9.59 Å². The highest BCUT2D eigenvalue weighted by molar-refractivity contribution is 6.00. The molecule has 1 heterocycles. The number of nitrogens with two attached hydrogens (primary N) is 1. The predicted octanol–water partition coefficient (Wildman–Crippen LogP) is 2.97. The SMILES string of the molecule is COC(=O)c1ccc(N=Cc2cn(CC(N)=O)c3ccccc23)c(C)c1. The molecule has 132 valence electrons. The maximum Gasteiger partial charge on any atom is 0.337 e. The van der Waals surface area contributed by atoms with Crippen molar-refractivity contribution in [1.82, 2.24) is 4.57 Å². The fourth-order valence-electron chi connectivity index (χ4n) is 2.86. The number of nitrogens with zero attached hydrogens (tertiary/aromatic N) is 2. The quantitative estimate of drug-likeness (QED) is 0.567. The van der Waals surface area contributed by atoms with E-state index in [0.717, 1.165) is 27.7 Å². The fraction of sp³-hybridized carbons (Fsp3) is 0.150. The number of primary amides is 1. The number of aryl methyl sites for hydroxylation is 1. The number of methoxy groups -OCH3 is 1. The van der Waals surface area contributed by atoms with E-state index in [0.29, 0.717) is 5.56 Å². The zero-order valence-electron chi connectivity index (χ0n) is 14.6. The van der Waals surface area contributed by atoms with Crippen LogP contribution in [0, 0.1) is 6.92 Å². The Morgan fingerprint density at radius 2 is 2.00 bits per heavy atom. The number of amides is 1. The van der Waals surface area contributed by atoms with Crippen molar-refractivity contribution >= 4 is 34.7 Å². The number of ether oxygens (including phenoxy) is 1. The summed E-state index contributed by atoms with van der Waals surface area (Å²) in [5.41, 5.74) is 9.25. The Morgan fingerprint density at radius 3 is 2.69 bits per heavy atom. The highest BCUT2D eigenvalue weighted by Crippen LogP contribution is 2.23. The van der Waals surface area contributed by atoms with E-state index in [-0.39, 0.29) is 12.5 Å². The second-order valence-corrected chi connectivity index (χ2v) is 5.95. The van der Waals surface area contributed by atoms with E-state index >= 15 is 0 Å². The molecule has 3 rings (SSSR count). The molecule has 2 aromatic carbocycles. The van der Waals surface area contributed by atoms with Gasteiger partial charge in [0, 0.05) is 28.9 Å². The molecule has 1 aromatic heterocycles. The molecule has 6 heteroatoms. The number of aromatic nitrogens is 1. The minimum atomic E-state index is -0.400. The Balaban J connectivity index is 1.96. The van der Waals surface area contributed by atoms with Gasteiger partial charge in [0.25, 0.3) is 0 Å². The lowest BCUT2D eigenvalue weighted by molar-refractivity contribution is -0.118. The van der Waals surface area contributed by atoms with Crippen LogP contribution in [0.1, 0.15) is 21.5 Å². The standard InChI is InChI=1S/C20H19N3O3/c1-13-9-14(20(25)26-2)7-8-17(13)22-10-15-11-23(12-19(21)24)18-6-4-3-5-16(15)18/h3-11H,12H2,1-2H3,(H2,21,24). The van der Waals surface area contributed by atoms with Crippen molar-refractivity contribution in [3.8, 4) is 0 Å². The summed E-state index contributed by atoms with van der Waals surface area (Å²) in [7, 11) is 1.35. The lowest BCUT2D eigenvalue weighted by Gasteiger charge is -2.03. The Hall–Kier alpha value is -3.41. The number of carbonyl (C=O) groups excluding carboxylic acids is 2. The maximum atomic E-state index is 11.6. The first-order chi connectivity index (χ1) is 12.5. The molecular weight excluding hydrogens is 330 g/mol. The first-order valence-electron chi connectivity index (χ1n) is 8.09. The zero-order valence-corrected chi connectivity index (χ0v) is 14.6. The van der Waals surface area contributed by atoms with Gasteiger partial charge in [-0.1, -0.05) is 18.2 Å². The van der Waals surface area contributed by atoms with E-state index in [1.165, 1.54) is 7.11 Å². The Bertz CT molecular complexity index is 1020. The van der Waals surface area contributed by atoms with Gasteiger partial charge in [0.15, 0.2) is 0 Å². The van der Waals surface area contributed by atoms with Crippen molar-refractivity contribution in [1.29, 1.82) is 0 Å². The summed E-state index contributed by atoms with van der Waals surface area (Å²) in [6.45, 7) is 2.00. The van der Waals surface area contributed by atoms with E-state index in [1.807, 2.05) is 42.0 Å². The minimum absolute atomic E-state index is 0.112. The molecule has 0 aliphatic carbocycles. The van der Waals surface area contributed by atoms with Crippen LogP contribution >= 0.6 is 0 Å². The third-order valence-electron chi connectivity index (χ3n) is 4.11. The number of aliphatic imine (C=N–C) groups is 1. The normalized spacial score (nSPS) is 11.2. The van der Waals surface area contributed by atoms with Gasteiger partial charge in [-0.05, 0) is 36.8 Å². The first-order valence-corrected chi connectivity index (χ1v) is 8.09. The third-order valence-corrected chi connectivity index (χ3v) is 4.11. The van der Waals surface area contributed by atoms with Crippen LogP contribution in [0.15, 0.2) is 53.7 Å². The van der Waals surface area contributed by atoms with Crippen LogP contribution in [-0.2, 0) is 16.1 Å². The second kappa shape index (κ2) is 7.23. The molecule has 0 atom stereocenters. The number of para-hydroxylation sites is 1. The van der Waals surface area contributed by atoms with Crippen LogP contribution in [0.2, 0.25) is 0 Å². The highest BCUT2D eigenvalue weighted by Gasteiger charge is 2.09. The molecule has 3 aromatic rings. The smallest absolute Gasteiger partial charge is 0.337 e. The zero-order chi connectivity index (χ0) is 18.7. The highest BCUT2D eigenvalue weighted by atomic mass is 16.5. The van der Waals surface area contributed by atoms with Gasteiger partial charge in [-0.2, -0.15) is 0 Å². The molecule has 0 aliphatic rings. The molecule has 0 radical (unpaired) electrons. The molecule has 0 spiro atoms. The first kappa shape index (κ1) is 17.4. The van der Waals surface area contributed by atoms with Crippen LogP contribution in [0.4, 0.5) is 5.69 Å². The van der Waals surface area contributed by atoms with Gasteiger partial charge in [0.1, 0.15) is 6.54 Å². The number of hydrogen-bond donors (Lipinski definition) is 1. The number of carbonyl (C=O) groups is 2. The average Bonchev–Trinajstić information content (AvgIpc) is 2.97. The number of hydrogen-bond acceptors (Lipinski definition) is 4. The molecule has 0 fully saturated rings. The molecule has 0 bridgehead atoms. The molecular formula is C20H19N3O3. The summed E-state index contributed by atoms with van der Waals surface area (Å²) in [4.78, 5) is 27.4. The van der Waals surface area contributed by atoms with Crippen LogP contribution in [0.5, 0.6) is 0 Å². The molecule has 1 amide bonds. The van der Waals surface area contributed by atoms with Gasteiger partial charge in [-0.15, -0.1) is 0 Å². The summed E-state index contributed by atoms with van der Waals surface area (Å²) < 4.78 is 6.54. The van der Waals surface area contributed by atoms with Crippen molar-refractivity contribution in [2.45, 2.75) is 13.5 Å². The van der Waals surface area contributed by atoms with Crippen molar-refractivity contribution < 1.29 is 14.3 Å². The lowest BCUT2D eigenvalue weighted by Crippen LogP contribution is -2.17. The van der Waals surface area contributed by atoms with Gasteiger partial charge < -0.3 is 15.0 Å². The van der Waals surface area contributed by atoms with Crippen molar-refractivity contribution in [2.24, 2.45) is 10.7 Å². The van der Waals surface area contributed by atoms with Crippen LogP contribution in [0.25, 0.3) is 10.9 Å². The average molecular weight is 349 g/mol. The molecule has 0 unspecified atom stereocenters. The van der Waals surface area contributed by atoms with Gasteiger partial charge in [0.05, 0.1) is 18.4 Å². The van der Waals surface area contributed by atoms with Gasteiger partial charge in [-0.3, -0.25) is 9.79 Å². The van der Waals surface area contributed by atoms with Crippen LogP contribution < -0.4 is 5.73 Å². The Kier molecular flexibility index (Phi) is 4.84. The predicted molar refractivity (Wildman–Crippen MR) is 101 cm³/mol. The van der Waals surface area contributed by atoms with Gasteiger partial charge in [-0.25, -0.2) is 4.79 Å². The number of fused-ring (bicyclic) bond motifs is 1. The van der Waals surface area contributed by atoms with Crippen LogP contribution in [0.3, 0.4) is 0 Å². The number of benzene rings is 2. The topological polar surface area (TPSA) is 86.7 Å². The van der Waals surface area contributed by atoms with Crippen LogP contribution in [-0.4, -0.2) is 29.8 Å². The van der Waals surface area contributed by atoms with E-state index < -0.39 is 5.91 Å². The summed E-state index contributed by atoms with van der Waals surface area (Å²) >= 11 is 0. The summed E-state index contributed by atoms with van der Waals surface area (Å²) in [5.74, 6) is -0.776. The summed E-state index contributed by atoms with van der Waals surface area (Å²) in [5, 5.41) is 0.987. The van der Waals surface area contributed by atoms with E-state index in [2.05, 4.69) is 4.99 Å². The minimum Gasteiger partial charge on any atom is -0.465 e. The number of esters is 1. The maximum absolute atomic E-state index is 11.6. The molecule has 6 nitrogen and oxygen atoms in total. The van der Waals surface area contributed by atoms with Crippen molar-refractivity contribution in [3.05, 3.63) is 65.4 Å². The monoisotopic (exact) mass is 349 g/mol. The fourth-order valence-corrected chi connectivity index (χ4v) is 2.86. The molecule has 0 saturated carbocycles. The molecule has 26 heavy (non-hydrogen) atoms. The second-order valence-electron chi connectivity index (χ2n) is 5.95. The summed E-state index contributed by atoms with van der Waals surface area (Å²) in [6.07, 6.45) is 3.61.